The van der Waals surface area contributed by atoms with Gasteiger partial charge in [0.2, 0.25) is 0 Å². The van der Waals surface area contributed by atoms with Crippen LogP contribution in [0.15, 0.2) is 17.6 Å². The number of hydrogen-bond donors (Lipinski definition) is 3. The Balaban J connectivity index is 2.21. The van der Waals surface area contributed by atoms with Crippen molar-refractivity contribution in [2.75, 3.05) is 10.7 Å². The summed E-state index contributed by atoms with van der Waals surface area (Å²) < 4.78 is 0. The predicted molar refractivity (Wildman–Crippen MR) is 78.0 cm³/mol. The first-order valence-electron chi connectivity index (χ1n) is 6.27. The van der Waals surface area contributed by atoms with E-state index in [2.05, 4.69) is 32.6 Å². The highest BCUT2D eigenvalue weighted by atomic mass is 32.1. The van der Waals surface area contributed by atoms with E-state index in [1.807, 2.05) is 18.5 Å². The van der Waals surface area contributed by atoms with Crippen LogP contribution in [0.5, 0.6) is 0 Å². The van der Waals surface area contributed by atoms with Crippen LogP contribution in [0.1, 0.15) is 37.1 Å². The third kappa shape index (κ3) is 3.39. The van der Waals surface area contributed by atoms with Crippen LogP contribution >= 0.6 is 11.3 Å². The molecule has 2 rings (SSSR count). The quantitative estimate of drug-likeness (QED) is 0.555. The zero-order chi connectivity index (χ0) is 13.7. The van der Waals surface area contributed by atoms with Gasteiger partial charge in [-0.1, -0.05) is 13.8 Å². The van der Waals surface area contributed by atoms with Crippen molar-refractivity contribution in [3.8, 4) is 0 Å². The molecule has 0 aliphatic carbocycles. The summed E-state index contributed by atoms with van der Waals surface area (Å²) in [6.07, 6.45) is 3.51. The van der Waals surface area contributed by atoms with Crippen LogP contribution < -0.4 is 16.6 Å². The molecule has 6 nitrogen and oxygen atoms in total. The molecule has 0 fully saturated rings. The van der Waals surface area contributed by atoms with Crippen molar-refractivity contribution in [2.45, 2.75) is 32.7 Å². The molecular weight excluding hydrogens is 260 g/mol. The molecule has 0 saturated heterocycles. The summed E-state index contributed by atoms with van der Waals surface area (Å²) in [4.78, 5) is 13.1. The maximum absolute atomic E-state index is 5.42. The average Bonchev–Trinajstić information content (AvgIpc) is 2.98. The van der Waals surface area contributed by atoms with E-state index >= 15 is 0 Å². The fourth-order valence-corrected chi connectivity index (χ4v) is 2.50. The standard InChI is InChI=1S/C12H18N6S/c1-3-8(12-14-5-6-19-12)15-10-7-11(18-13)17-9(4-2)16-10/h5-8H,3-4,13H2,1-2H3,(H2,15,16,17,18). The van der Waals surface area contributed by atoms with Gasteiger partial charge in [0.1, 0.15) is 22.5 Å². The first kappa shape index (κ1) is 13.7. The number of thiazole rings is 1. The SMILES string of the molecule is CCc1nc(NN)cc(NC(CC)c2nccs2)n1. The van der Waals surface area contributed by atoms with Gasteiger partial charge in [0.05, 0.1) is 6.04 Å². The minimum Gasteiger partial charge on any atom is -0.361 e. The normalized spacial score (nSPS) is 12.2. The molecule has 2 heterocycles. The van der Waals surface area contributed by atoms with Gasteiger partial charge in [0.25, 0.3) is 0 Å². The van der Waals surface area contributed by atoms with E-state index in [1.54, 1.807) is 17.4 Å². The third-order valence-corrected chi connectivity index (χ3v) is 3.61. The van der Waals surface area contributed by atoms with Crippen LogP contribution in [0.2, 0.25) is 0 Å². The number of anilines is 2. The predicted octanol–water partition coefficient (Wildman–Crippen LogP) is 2.34. The molecule has 0 aliphatic heterocycles. The lowest BCUT2D eigenvalue weighted by Gasteiger charge is -2.16. The highest BCUT2D eigenvalue weighted by Gasteiger charge is 2.13. The summed E-state index contributed by atoms with van der Waals surface area (Å²) in [5.74, 6) is 7.56. The smallest absolute Gasteiger partial charge is 0.145 e. The Labute approximate surface area is 116 Å². The second kappa shape index (κ2) is 6.44. The number of nitrogens with zero attached hydrogens (tertiary/aromatic N) is 3. The highest BCUT2D eigenvalue weighted by molar-refractivity contribution is 7.09. The zero-order valence-electron chi connectivity index (χ0n) is 11.1. The number of nitrogens with one attached hydrogen (secondary N) is 2. The Morgan fingerprint density at radius 2 is 2.11 bits per heavy atom. The van der Waals surface area contributed by atoms with Gasteiger partial charge in [0, 0.05) is 24.1 Å². The van der Waals surface area contributed by atoms with E-state index in [0.717, 1.165) is 29.5 Å². The molecule has 2 aromatic heterocycles. The van der Waals surface area contributed by atoms with Crippen LogP contribution in [0, 0.1) is 0 Å². The first-order chi connectivity index (χ1) is 9.26. The van der Waals surface area contributed by atoms with Gasteiger partial charge in [-0.2, -0.15) is 0 Å². The van der Waals surface area contributed by atoms with Gasteiger partial charge in [-0.05, 0) is 6.42 Å². The molecule has 102 valence electrons. The molecule has 0 radical (unpaired) electrons. The van der Waals surface area contributed by atoms with Crippen LogP contribution in [0.4, 0.5) is 11.6 Å². The molecule has 19 heavy (non-hydrogen) atoms. The third-order valence-electron chi connectivity index (χ3n) is 2.72. The van der Waals surface area contributed by atoms with Gasteiger partial charge in [-0.15, -0.1) is 11.3 Å². The molecule has 0 aliphatic rings. The number of nitrogen functional groups attached to an aromatic ring is 1. The Kier molecular flexibility index (Phi) is 4.64. The second-order valence-corrected chi connectivity index (χ2v) is 4.95. The molecule has 0 bridgehead atoms. The van der Waals surface area contributed by atoms with E-state index in [4.69, 9.17) is 5.84 Å². The number of rotatable bonds is 6. The van der Waals surface area contributed by atoms with Crippen LogP contribution in [0.3, 0.4) is 0 Å². The zero-order valence-corrected chi connectivity index (χ0v) is 11.9. The largest absolute Gasteiger partial charge is 0.361 e. The lowest BCUT2D eigenvalue weighted by Crippen LogP contribution is -2.14. The van der Waals surface area contributed by atoms with E-state index < -0.39 is 0 Å². The molecule has 1 atom stereocenters. The summed E-state index contributed by atoms with van der Waals surface area (Å²) in [6.45, 7) is 4.13. The number of aryl methyl sites for hydroxylation is 1. The summed E-state index contributed by atoms with van der Waals surface area (Å²) in [6, 6.07) is 1.96. The highest BCUT2D eigenvalue weighted by Crippen LogP contribution is 2.24. The molecular formula is C12H18N6S. The summed E-state index contributed by atoms with van der Waals surface area (Å²) >= 11 is 1.64. The minimum atomic E-state index is 0.158. The van der Waals surface area contributed by atoms with Gasteiger partial charge >= 0.3 is 0 Å². The van der Waals surface area contributed by atoms with Crippen molar-refractivity contribution in [3.05, 3.63) is 28.5 Å². The molecule has 7 heteroatoms. The second-order valence-electron chi connectivity index (χ2n) is 4.03. The van der Waals surface area contributed by atoms with Gasteiger partial charge in [-0.25, -0.2) is 20.8 Å². The average molecular weight is 278 g/mol. The topological polar surface area (TPSA) is 88.8 Å². The molecule has 0 aromatic carbocycles. The number of aromatic nitrogens is 3. The molecule has 0 spiro atoms. The van der Waals surface area contributed by atoms with Crippen LogP contribution in [-0.4, -0.2) is 15.0 Å². The Hall–Kier alpha value is -1.73. The Morgan fingerprint density at radius 3 is 2.68 bits per heavy atom. The first-order valence-corrected chi connectivity index (χ1v) is 7.15. The maximum Gasteiger partial charge on any atom is 0.145 e. The van der Waals surface area contributed by atoms with E-state index in [1.165, 1.54) is 0 Å². The summed E-state index contributed by atoms with van der Waals surface area (Å²) in [5.41, 5.74) is 2.56. The molecule has 4 N–H and O–H groups in total. The fraction of sp³-hybridized carbons (Fsp3) is 0.417. The lowest BCUT2D eigenvalue weighted by atomic mass is 10.2. The molecule has 2 aromatic rings. The summed E-state index contributed by atoms with van der Waals surface area (Å²) in [5, 5.41) is 6.41. The van der Waals surface area contributed by atoms with E-state index in [-0.39, 0.29) is 6.04 Å². The van der Waals surface area contributed by atoms with Gasteiger partial charge in [-0.3, -0.25) is 0 Å². The Bertz CT molecular complexity index is 491. The van der Waals surface area contributed by atoms with Gasteiger partial charge < -0.3 is 10.7 Å². The van der Waals surface area contributed by atoms with Crippen molar-refractivity contribution in [3.63, 3.8) is 0 Å². The van der Waals surface area contributed by atoms with Crippen molar-refractivity contribution in [1.82, 2.24) is 15.0 Å². The summed E-state index contributed by atoms with van der Waals surface area (Å²) in [7, 11) is 0. The Morgan fingerprint density at radius 1 is 1.32 bits per heavy atom. The number of hydrazine groups is 1. The molecule has 0 amide bonds. The molecule has 1 unspecified atom stereocenters. The van der Waals surface area contributed by atoms with E-state index in [0.29, 0.717) is 5.82 Å². The van der Waals surface area contributed by atoms with Crippen molar-refractivity contribution in [2.24, 2.45) is 5.84 Å². The fourth-order valence-electron chi connectivity index (χ4n) is 1.73. The number of hydrogen-bond acceptors (Lipinski definition) is 7. The van der Waals surface area contributed by atoms with Crippen molar-refractivity contribution < 1.29 is 0 Å². The monoisotopic (exact) mass is 278 g/mol. The van der Waals surface area contributed by atoms with Crippen molar-refractivity contribution in [1.29, 1.82) is 0 Å². The van der Waals surface area contributed by atoms with E-state index in [9.17, 15) is 0 Å². The molecule has 0 saturated carbocycles. The van der Waals surface area contributed by atoms with Crippen LogP contribution in [0.25, 0.3) is 0 Å². The van der Waals surface area contributed by atoms with Crippen LogP contribution in [-0.2, 0) is 6.42 Å². The lowest BCUT2D eigenvalue weighted by molar-refractivity contribution is 0.734. The maximum atomic E-state index is 5.42. The minimum absolute atomic E-state index is 0.158. The number of nitrogens with two attached hydrogens (primary N) is 1. The van der Waals surface area contributed by atoms with Gasteiger partial charge in [0.15, 0.2) is 0 Å². The van der Waals surface area contributed by atoms with Crippen molar-refractivity contribution >= 4 is 23.0 Å².